The van der Waals surface area contributed by atoms with E-state index in [0.717, 1.165) is 22.1 Å². The number of rotatable bonds is 4. The summed E-state index contributed by atoms with van der Waals surface area (Å²) in [5.41, 5.74) is 3.28. The highest BCUT2D eigenvalue weighted by atomic mass is 31.0. The van der Waals surface area contributed by atoms with Gasteiger partial charge in [0.25, 0.3) is 0 Å². The fourth-order valence-electron chi connectivity index (χ4n) is 2.17. The van der Waals surface area contributed by atoms with Crippen LogP contribution in [0, 0.1) is 6.92 Å². The van der Waals surface area contributed by atoms with E-state index in [1.165, 1.54) is 6.07 Å². The van der Waals surface area contributed by atoms with Gasteiger partial charge in [-0.25, -0.2) is 4.99 Å². The highest BCUT2D eigenvalue weighted by molar-refractivity contribution is 7.27. The van der Waals surface area contributed by atoms with Crippen molar-refractivity contribution >= 4 is 26.0 Å². The highest BCUT2D eigenvalue weighted by Crippen LogP contribution is 2.20. The van der Waals surface area contributed by atoms with Gasteiger partial charge in [-0.1, -0.05) is 36.4 Å². The van der Waals surface area contributed by atoms with Gasteiger partial charge in [-0.15, -0.1) is 9.24 Å². The van der Waals surface area contributed by atoms with Crippen LogP contribution in [0.15, 0.2) is 59.2 Å². The SMILES string of the molecule is C/C=C(\N=C(C)c1ccccc1)C(=O)c1cc(O)c(C)c(P)c1. The first kappa shape index (κ1) is 17.1. The summed E-state index contributed by atoms with van der Waals surface area (Å²) in [4.78, 5) is 17.1. The van der Waals surface area contributed by atoms with E-state index < -0.39 is 0 Å². The quantitative estimate of drug-likeness (QED) is 0.402. The third-order valence-electron chi connectivity index (χ3n) is 3.67. The number of allylic oxidation sites excluding steroid dienone is 2. The monoisotopic (exact) mass is 325 g/mol. The van der Waals surface area contributed by atoms with Crippen molar-refractivity contribution in [2.45, 2.75) is 20.8 Å². The fourth-order valence-corrected chi connectivity index (χ4v) is 2.50. The van der Waals surface area contributed by atoms with Crippen molar-refractivity contribution in [2.75, 3.05) is 0 Å². The van der Waals surface area contributed by atoms with Crippen LogP contribution in [0.2, 0.25) is 0 Å². The lowest BCUT2D eigenvalue weighted by molar-refractivity contribution is 0.103. The van der Waals surface area contributed by atoms with Crippen LogP contribution in [0.3, 0.4) is 0 Å². The van der Waals surface area contributed by atoms with Crippen LogP contribution in [0.1, 0.15) is 35.3 Å². The van der Waals surface area contributed by atoms with Crippen LogP contribution in [-0.4, -0.2) is 16.6 Å². The van der Waals surface area contributed by atoms with E-state index >= 15 is 0 Å². The minimum absolute atomic E-state index is 0.111. The maximum absolute atomic E-state index is 12.7. The summed E-state index contributed by atoms with van der Waals surface area (Å²) in [5.74, 6) is -0.0955. The molecule has 2 rings (SSSR count). The molecular weight excluding hydrogens is 305 g/mol. The number of benzene rings is 2. The molecule has 3 nitrogen and oxygen atoms in total. The molecule has 0 radical (unpaired) electrons. The van der Waals surface area contributed by atoms with Crippen molar-refractivity contribution in [3.05, 3.63) is 70.9 Å². The van der Waals surface area contributed by atoms with E-state index in [0.29, 0.717) is 11.3 Å². The smallest absolute Gasteiger partial charge is 0.211 e. The number of hydrogen-bond donors (Lipinski definition) is 1. The summed E-state index contributed by atoms with van der Waals surface area (Å²) < 4.78 is 0. The molecule has 118 valence electrons. The van der Waals surface area contributed by atoms with Crippen LogP contribution < -0.4 is 5.30 Å². The molecule has 0 saturated carbocycles. The van der Waals surface area contributed by atoms with Gasteiger partial charge in [0, 0.05) is 11.3 Å². The third-order valence-corrected chi connectivity index (χ3v) is 4.27. The van der Waals surface area contributed by atoms with Gasteiger partial charge in [0.15, 0.2) is 0 Å². The van der Waals surface area contributed by atoms with E-state index in [-0.39, 0.29) is 11.5 Å². The fraction of sp³-hybridized carbons (Fsp3) is 0.158. The number of carbonyl (C=O) groups excluding carboxylic acids is 1. The van der Waals surface area contributed by atoms with Crippen LogP contribution >= 0.6 is 9.24 Å². The second-order valence-electron chi connectivity index (χ2n) is 5.28. The van der Waals surface area contributed by atoms with Crippen molar-refractivity contribution in [2.24, 2.45) is 4.99 Å². The molecule has 1 N–H and O–H groups in total. The number of phenolic OH excluding ortho intramolecular Hbond substituents is 1. The number of nitrogens with zero attached hydrogens (tertiary/aromatic N) is 1. The Bertz CT molecular complexity index is 769. The van der Waals surface area contributed by atoms with Crippen molar-refractivity contribution in [1.29, 1.82) is 0 Å². The van der Waals surface area contributed by atoms with Gasteiger partial charge in [0.1, 0.15) is 11.4 Å². The number of Topliss-reactive ketones (excluding diaryl/α,β-unsaturated/α-hetero) is 1. The minimum atomic E-state index is -0.207. The molecule has 2 aromatic rings. The van der Waals surface area contributed by atoms with Gasteiger partial charge >= 0.3 is 0 Å². The van der Waals surface area contributed by atoms with E-state index in [1.807, 2.05) is 37.3 Å². The number of phenols is 1. The highest BCUT2D eigenvalue weighted by Gasteiger charge is 2.14. The van der Waals surface area contributed by atoms with E-state index in [9.17, 15) is 9.90 Å². The van der Waals surface area contributed by atoms with Gasteiger partial charge in [-0.05, 0) is 49.3 Å². The first-order chi connectivity index (χ1) is 10.9. The second-order valence-corrected chi connectivity index (χ2v) is 5.90. The molecule has 4 heteroatoms. The maximum atomic E-state index is 12.7. The molecule has 2 aromatic carbocycles. The number of aliphatic imine (C=N–C) groups is 1. The molecule has 0 bridgehead atoms. The average Bonchev–Trinajstić information content (AvgIpc) is 2.57. The zero-order valence-corrected chi connectivity index (χ0v) is 14.7. The molecule has 0 aliphatic heterocycles. The molecule has 0 heterocycles. The summed E-state index contributed by atoms with van der Waals surface area (Å²) in [5, 5.41) is 10.7. The molecule has 1 atom stereocenters. The van der Waals surface area contributed by atoms with Gasteiger partial charge in [0.2, 0.25) is 5.78 Å². The van der Waals surface area contributed by atoms with Gasteiger partial charge < -0.3 is 5.11 Å². The molecule has 23 heavy (non-hydrogen) atoms. The van der Waals surface area contributed by atoms with Crippen LogP contribution in [0.25, 0.3) is 0 Å². The number of carbonyl (C=O) groups is 1. The lowest BCUT2D eigenvalue weighted by atomic mass is 10.0. The Hall–Kier alpha value is -2.25. The van der Waals surface area contributed by atoms with E-state index in [2.05, 4.69) is 14.2 Å². The molecule has 0 aliphatic carbocycles. The third kappa shape index (κ3) is 3.94. The summed E-state index contributed by atoms with van der Waals surface area (Å²) in [7, 11) is 2.53. The zero-order chi connectivity index (χ0) is 17.0. The maximum Gasteiger partial charge on any atom is 0.211 e. The van der Waals surface area contributed by atoms with E-state index in [4.69, 9.17) is 0 Å². The lowest BCUT2D eigenvalue weighted by Gasteiger charge is -2.08. The average molecular weight is 325 g/mol. The zero-order valence-electron chi connectivity index (χ0n) is 13.5. The molecule has 1 unspecified atom stereocenters. The molecule has 0 saturated heterocycles. The summed E-state index contributed by atoms with van der Waals surface area (Å²) in [6.45, 7) is 5.46. The number of aromatic hydroxyl groups is 1. The largest absolute Gasteiger partial charge is 0.508 e. The first-order valence-electron chi connectivity index (χ1n) is 7.35. The van der Waals surface area contributed by atoms with Crippen molar-refractivity contribution in [1.82, 2.24) is 0 Å². The Morgan fingerprint density at radius 2 is 1.83 bits per heavy atom. The standard InChI is InChI=1S/C19H20NO2P/c1-4-16(20-13(3)14-8-6-5-7-9-14)19(22)15-10-17(21)12(2)18(23)11-15/h4-11,21H,23H2,1-3H3/b16-4-,20-13?. The normalized spacial score (nSPS) is 12.3. The number of ketones is 1. The van der Waals surface area contributed by atoms with Gasteiger partial charge in [0.05, 0.1) is 0 Å². The van der Waals surface area contributed by atoms with Crippen LogP contribution in [0.5, 0.6) is 5.75 Å². The van der Waals surface area contributed by atoms with Crippen molar-refractivity contribution in [3.8, 4) is 5.75 Å². The Morgan fingerprint density at radius 1 is 1.17 bits per heavy atom. The molecule has 0 amide bonds. The second kappa shape index (κ2) is 7.34. The van der Waals surface area contributed by atoms with Gasteiger partial charge in [-0.2, -0.15) is 0 Å². The lowest BCUT2D eigenvalue weighted by Crippen LogP contribution is -2.08. The summed E-state index contributed by atoms with van der Waals surface area (Å²) in [6.07, 6.45) is 1.69. The number of hydrogen-bond acceptors (Lipinski definition) is 3. The molecule has 0 aromatic heterocycles. The van der Waals surface area contributed by atoms with Crippen molar-refractivity contribution in [3.63, 3.8) is 0 Å². The Morgan fingerprint density at radius 3 is 2.39 bits per heavy atom. The molecular formula is C19H20NO2P. The Balaban J connectivity index is 2.37. The molecule has 0 spiro atoms. The minimum Gasteiger partial charge on any atom is -0.508 e. The van der Waals surface area contributed by atoms with Gasteiger partial charge in [-0.3, -0.25) is 4.79 Å². The van der Waals surface area contributed by atoms with Crippen LogP contribution in [0.4, 0.5) is 0 Å². The summed E-state index contributed by atoms with van der Waals surface area (Å²) in [6, 6.07) is 13.0. The Labute approximate surface area is 139 Å². The van der Waals surface area contributed by atoms with Crippen molar-refractivity contribution < 1.29 is 9.90 Å². The predicted molar refractivity (Wildman–Crippen MR) is 98.9 cm³/mol. The summed E-state index contributed by atoms with van der Waals surface area (Å²) >= 11 is 0. The topological polar surface area (TPSA) is 49.7 Å². The van der Waals surface area contributed by atoms with E-state index in [1.54, 1.807) is 26.0 Å². The molecule has 0 aliphatic rings. The van der Waals surface area contributed by atoms with Crippen LogP contribution in [-0.2, 0) is 0 Å². The first-order valence-corrected chi connectivity index (χ1v) is 7.92. The molecule has 0 fully saturated rings. The Kier molecular flexibility index (Phi) is 5.46. The predicted octanol–water partition coefficient (Wildman–Crippen LogP) is 3.80.